The minimum Gasteiger partial charge on any atom is -0.292 e. The highest BCUT2D eigenvalue weighted by molar-refractivity contribution is 14.1. The number of nitriles is 1. The topological polar surface area (TPSA) is 53.8 Å². The fraction of sp³-hybridized carbons (Fsp3) is 0.0714. The molecule has 0 amide bonds. The van der Waals surface area contributed by atoms with Crippen molar-refractivity contribution in [3.63, 3.8) is 0 Å². The summed E-state index contributed by atoms with van der Waals surface area (Å²) in [4.78, 5) is 16.4. The zero-order valence-corrected chi connectivity index (χ0v) is 13.4. The second-order valence-electron chi connectivity index (χ2n) is 3.83. The van der Waals surface area contributed by atoms with Crippen molar-refractivity contribution in [3.8, 4) is 6.07 Å². The quantitative estimate of drug-likeness (QED) is 0.551. The highest BCUT2D eigenvalue weighted by Crippen LogP contribution is 2.26. The summed E-state index contributed by atoms with van der Waals surface area (Å²) in [5, 5.41) is 9.26. The van der Waals surface area contributed by atoms with Crippen LogP contribution in [0.2, 0.25) is 0 Å². The van der Waals surface area contributed by atoms with Crippen LogP contribution in [0.1, 0.15) is 21.8 Å². The van der Waals surface area contributed by atoms with Gasteiger partial charge in [0.05, 0.1) is 6.07 Å². The maximum absolute atomic E-state index is 12.5. The summed E-state index contributed by atoms with van der Waals surface area (Å²) in [5.41, 5.74) is 1.18. The first-order chi connectivity index (χ1) is 9.13. The average Bonchev–Trinajstić information content (AvgIpc) is 2.43. The van der Waals surface area contributed by atoms with Crippen molar-refractivity contribution in [3.05, 3.63) is 61.9 Å². The molecule has 0 saturated heterocycles. The predicted molar refractivity (Wildman–Crippen MR) is 83.8 cm³/mol. The summed E-state index contributed by atoms with van der Waals surface area (Å²) in [5.74, 6) is -1.02. The summed E-state index contributed by atoms with van der Waals surface area (Å²) in [6, 6.07) is 10.9. The van der Waals surface area contributed by atoms with Crippen LogP contribution < -0.4 is 0 Å². The van der Waals surface area contributed by atoms with E-state index >= 15 is 0 Å². The van der Waals surface area contributed by atoms with Gasteiger partial charge in [-0.3, -0.25) is 9.78 Å². The number of carbonyl (C=O) groups is 1. The molecule has 19 heavy (non-hydrogen) atoms. The number of hydrogen-bond donors (Lipinski definition) is 0. The van der Waals surface area contributed by atoms with E-state index in [1.54, 1.807) is 30.6 Å². The van der Waals surface area contributed by atoms with Crippen molar-refractivity contribution in [1.29, 1.82) is 5.26 Å². The first-order valence-electron chi connectivity index (χ1n) is 5.42. The van der Waals surface area contributed by atoms with Gasteiger partial charge in [0.15, 0.2) is 5.78 Å². The third-order valence-electron chi connectivity index (χ3n) is 2.62. The van der Waals surface area contributed by atoms with Gasteiger partial charge >= 0.3 is 0 Å². The van der Waals surface area contributed by atoms with E-state index in [0.29, 0.717) is 15.6 Å². The van der Waals surface area contributed by atoms with Crippen molar-refractivity contribution in [2.45, 2.75) is 5.92 Å². The predicted octanol–water partition coefficient (Wildman–Crippen LogP) is 3.94. The number of ketones is 1. The fourth-order valence-electron chi connectivity index (χ4n) is 1.68. The number of rotatable bonds is 3. The van der Waals surface area contributed by atoms with Crippen LogP contribution in [0.5, 0.6) is 0 Å². The number of carbonyl (C=O) groups excluding carboxylic acids is 1. The van der Waals surface area contributed by atoms with Crippen molar-refractivity contribution in [2.24, 2.45) is 0 Å². The molecule has 1 unspecified atom stereocenters. The Bertz CT molecular complexity index is 652. The van der Waals surface area contributed by atoms with Crippen molar-refractivity contribution in [2.75, 3.05) is 0 Å². The molecule has 0 fully saturated rings. The largest absolute Gasteiger partial charge is 0.292 e. The molecule has 3 nitrogen and oxygen atoms in total. The molecular weight excluding hydrogens is 419 g/mol. The van der Waals surface area contributed by atoms with E-state index in [1.165, 1.54) is 0 Å². The van der Waals surface area contributed by atoms with Crippen LogP contribution in [-0.2, 0) is 0 Å². The van der Waals surface area contributed by atoms with Crippen LogP contribution in [0.3, 0.4) is 0 Å². The molecule has 1 heterocycles. The van der Waals surface area contributed by atoms with Crippen LogP contribution >= 0.6 is 38.5 Å². The molecule has 0 saturated carbocycles. The van der Waals surface area contributed by atoms with Crippen LogP contribution in [0.4, 0.5) is 0 Å². The van der Waals surface area contributed by atoms with Crippen molar-refractivity contribution < 1.29 is 4.79 Å². The van der Waals surface area contributed by atoms with E-state index in [1.807, 2.05) is 12.1 Å². The second kappa shape index (κ2) is 6.26. The number of benzene rings is 1. The van der Waals surface area contributed by atoms with Crippen LogP contribution in [0.15, 0.2) is 47.2 Å². The lowest BCUT2D eigenvalue weighted by Gasteiger charge is -2.10. The highest BCUT2D eigenvalue weighted by atomic mass is 127. The molecule has 1 atom stereocenters. The monoisotopic (exact) mass is 426 g/mol. The first-order valence-corrected chi connectivity index (χ1v) is 7.29. The molecule has 0 aliphatic carbocycles. The summed E-state index contributed by atoms with van der Waals surface area (Å²) in [6.07, 6.45) is 3.16. The fourth-order valence-corrected chi connectivity index (χ4v) is 2.62. The number of nitrogens with zero attached hydrogens (tertiary/aromatic N) is 2. The summed E-state index contributed by atoms with van der Waals surface area (Å²) >= 11 is 5.49. The molecule has 0 spiro atoms. The van der Waals surface area contributed by atoms with E-state index in [2.05, 4.69) is 49.6 Å². The van der Waals surface area contributed by atoms with Gasteiger partial charge < -0.3 is 0 Å². The van der Waals surface area contributed by atoms with Crippen LogP contribution in [0.25, 0.3) is 0 Å². The lowest BCUT2D eigenvalue weighted by Crippen LogP contribution is -2.12. The number of Topliss-reactive ketones (excluding diaryl/α,β-unsaturated/α-hetero) is 1. The van der Waals surface area contributed by atoms with Gasteiger partial charge in [0.1, 0.15) is 5.92 Å². The van der Waals surface area contributed by atoms with Gasteiger partial charge in [0.25, 0.3) is 0 Å². The summed E-state index contributed by atoms with van der Waals surface area (Å²) in [7, 11) is 0. The van der Waals surface area contributed by atoms with E-state index in [0.717, 1.165) is 3.57 Å². The van der Waals surface area contributed by atoms with Gasteiger partial charge in [-0.25, -0.2) is 0 Å². The molecule has 0 radical (unpaired) electrons. The minimum absolute atomic E-state index is 0.209. The van der Waals surface area contributed by atoms with Crippen molar-refractivity contribution >= 4 is 44.3 Å². The Labute approximate surface area is 132 Å². The van der Waals surface area contributed by atoms with Gasteiger partial charge in [-0.15, -0.1) is 0 Å². The third kappa shape index (κ3) is 3.19. The molecule has 94 valence electrons. The van der Waals surface area contributed by atoms with Crippen LogP contribution in [0, 0.1) is 14.9 Å². The normalized spacial score (nSPS) is 11.6. The molecule has 0 N–H and O–H groups in total. The number of hydrogen-bond acceptors (Lipinski definition) is 3. The molecular formula is C14H8BrIN2O. The van der Waals surface area contributed by atoms with Crippen molar-refractivity contribution in [1.82, 2.24) is 4.98 Å². The standard InChI is InChI=1S/C14H8BrIN2O/c15-13-2-1-10(16)7-11(13)14(19)12(8-17)9-3-5-18-6-4-9/h1-7,12H. The average molecular weight is 427 g/mol. The minimum atomic E-state index is -0.808. The lowest BCUT2D eigenvalue weighted by molar-refractivity contribution is 0.0978. The third-order valence-corrected chi connectivity index (χ3v) is 3.99. The smallest absolute Gasteiger partial charge is 0.185 e. The Morgan fingerprint density at radius 2 is 2.00 bits per heavy atom. The second-order valence-corrected chi connectivity index (χ2v) is 5.93. The number of aromatic nitrogens is 1. The van der Waals surface area contributed by atoms with E-state index < -0.39 is 5.92 Å². The highest BCUT2D eigenvalue weighted by Gasteiger charge is 2.23. The van der Waals surface area contributed by atoms with E-state index in [-0.39, 0.29) is 5.78 Å². The van der Waals surface area contributed by atoms with Gasteiger partial charge in [-0.05, 0) is 58.5 Å². The summed E-state index contributed by atoms with van der Waals surface area (Å²) < 4.78 is 1.66. The lowest BCUT2D eigenvalue weighted by atomic mass is 9.92. The molecule has 0 aliphatic rings. The van der Waals surface area contributed by atoms with Gasteiger partial charge in [-0.1, -0.05) is 15.9 Å². The van der Waals surface area contributed by atoms with Gasteiger partial charge in [0.2, 0.25) is 0 Å². The Hall–Kier alpha value is -1.26. The Morgan fingerprint density at radius 3 is 2.63 bits per heavy atom. The zero-order valence-electron chi connectivity index (χ0n) is 9.68. The maximum atomic E-state index is 12.5. The molecule has 1 aromatic heterocycles. The van der Waals surface area contributed by atoms with Crippen LogP contribution in [-0.4, -0.2) is 10.8 Å². The molecule has 5 heteroatoms. The van der Waals surface area contributed by atoms with Gasteiger partial charge in [-0.2, -0.15) is 5.26 Å². The molecule has 2 aromatic rings. The Morgan fingerprint density at radius 1 is 1.32 bits per heavy atom. The zero-order chi connectivity index (χ0) is 13.8. The Kier molecular flexibility index (Phi) is 4.66. The number of halogens is 2. The number of pyridine rings is 1. The molecule has 0 bridgehead atoms. The maximum Gasteiger partial charge on any atom is 0.185 e. The SMILES string of the molecule is N#CC(C(=O)c1cc(I)ccc1Br)c1ccncc1. The molecule has 1 aromatic carbocycles. The summed E-state index contributed by atoms with van der Waals surface area (Å²) in [6.45, 7) is 0. The van der Waals surface area contributed by atoms with E-state index in [4.69, 9.17) is 0 Å². The van der Waals surface area contributed by atoms with Gasteiger partial charge in [0, 0.05) is 26.0 Å². The van der Waals surface area contributed by atoms with E-state index in [9.17, 15) is 10.1 Å². The first kappa shape index (κ1) is 14.2. The molecule has 2 rings (SSSR count). The Balaban J connectivity index is 2.43. The molecule has 0 aliphatic heterocycles.